The predicted molar refractivity (Wildman–Crippen MR) is 97.7 cm³/mol. The lowest BCUT2D eigenvalue weighted by molar-refractivity contribution is -0.121. The molecular formula is C16H13ClN6O4S. The summed E-state index contributed by atoms with van der Waals surface area (Å²) in [6, 6.07) is 4.26. The Balaban J connectivity index is 1.76. The maximum atomic E-state index is 12.7. The summed E-state index contributed by atoms with van der Waals surface area (Å²) < 4.78 is 25.8. The van der Waals surface area contributed by atoms with E-state index < -0.39 is 34.5 Å². The number of carbonyl (C=O) groups excluding carboxylic acids is 2. The van der Waals surface area contributed by atoms with E-state index in [2.05, 4.69) is 20.6 Å². The normalized spacial score (nSPS) is 15.8. The number of anilines is 1. The zero-order chi connectivity index (χ0) is 20.5. The minimum atomic E-state index is -4.25. The third-order valence-corrected chi connectivity index (χ3v) is 5.84. The van der Waals surface area contributed by atoms with Crippen LogP contribution in [0.5, 0.6) is 0 Å². The van der Waals surface area contributed by atoms with Crippen LogP contribution in [0.25, 0.3) is 0 Å². The van der Waals surface area contributed by atoms with Crippen molar-refractivity contribution in [3.8, 4) is 6.07 Å². The Kier molecular flexibility index (Phi) is 5.17. The first-order valence-electron chi connectivity index (χ1n) is 7.87. The van der Waals surface area contributed by atoms with Gasteiger partial charge >= 0.3 is 6.03 Å². The monoisotopic (exact) mass is 420 g/mol. The van der Waals surface area contributed by atoms with Crippen molar-refractivity contribution < 1.29 is 18.0 Å². The maximum Gasteiger partial charge on any atom is 0.336 e. The molecule has 1 aliphatic rings. The summed E-state index contributed by atoms with van der Waals surface area (Å²) in [5, 5.41) is 13.8. The third-order valence-electron chi connectivity index (χ3n) is 3.83. The van der Waals surface area contributed by atoms with Gasteiger partial charge in [-0.3, -0.25) is 4.79 Å². The van der Waals surface area contributed by atoms with E-state index in [-0.39, 0.29) is 27.0 Å². The van der Waals surface area contributed by atoms with Gasteiger partial charge in [-0.25, -0.2) is 27.5 Å². The summed E-state index contributed by atoms with van der Waals surface area (Å²) in [4.78, 5) is 32.2. The molecule has 0 spiro atoms. The van der Waals surface area contributed by atoms with Gasteiger partial charge in [-0.05, 0) is 25.1 Å². The van der Waals surface area contributed by atoms with Gasteiger partial charge in [0.25, 0.3) is 10.0 Å². The standard InChI is InChI=1S/C16H13ClN6O4S/c1-9(15-19-6-10(5-18)7-20-15)21-14(24)8-23-16(25)22-12-3-2-11(17)4-13(12)28(23,26)27/h2-4,6-7,9H,8H2,1H3,(H,21,24)(H,22,25)/t9-/m0/s1. The number of fused-ring (bicyclic) bond motifs is 1. The van der Waals surface area contributed by atoms with Crippen LogP contribution in [0.4, 0.5) is 10.5 Å². The molecule has 0 bridgehead atoms. The number of sulfonamides is 1. The Bertz CT molecular complexity index is 1100. The molecule has 1 aliphatic heterocycles. The first-order valence-corrected chi connectivity index (χ1v) is 9.69. The summed E-state index contributed by atoms with van der Waals surface area (Å²) in [7, 11) is -4.25. The van der Waals surface area contributed by atoms with Crippen LogP contribution in [0.2, 0.25) is 5.02 Å². The van der Waals surface area contributed by atoms with Crippen LogP contribution >= 0.6 is 11.6 Å². The molecule has 2 aromatic rings. The highest BCUT2D eigenvalue weighted by molar-refractivity contribution is 7.90. The molecule has 3 rings (SSSR count). The Labute approximate surface area is 165 Å². The van der Waals surface area contributed by atoms with Gasteiger partial charge in [0.2, 0.25) is 5.91 Å². The Hall–Kier alpha value is -3.23. The average molecular weight is 421 g/mol. The number of rotatable bonds is 4. The fourth-order valence-corrected chi connectivity index (χ4v) is 4.17. The topological polar surface area (TPSA) is 145 Å². The van der Waals surface area contributed by atoms with E-state index in [0.717, 1.165) is 0 Å². The van der Waals surface area contributed by atoms with Crippen LogP contribution in [-0.2, 0) is 14.8 Å². The van der Waals surface area contributed by atoms with Gasteiger partial charge in [0.15, 0.2) is 0 Å². The molecule has 0 radical (unpaired) electrons. The summed E-state index contributed by atoms with van der Waals surface area (Å²) >= 11 is 5.84. The second-order valence-electron chi connectivity index (χ2n) is 5.81. The molecule has 3 amide bonds. The van der Waals surface area contributed by atoms with Gasteiger partial charge in [-0.15, -0.1) is 0 Å². The van der Waals surface area contributed by atoms with Crippen molar-refractivity contribution in [2.45, 2.75) is 17.9 Å². The first-order chi connectivity index (χ1) is 13.2. The summed E-state index contributed by atoms with van der Waals surface area (Å²) in [5.74, 6) is -0.500. The van der Waals surface area contributed by atoms with Crippen LogP contribution in [0.15, 0.2) is 35.5 Å². The van der Waals surface area contributed by atoms with Crippen molar-refractivity contribution in [2.24, 2.45) is 0 Å². The molecule has 2 N–H and O–H groups in total. The average Bonchev–Trinajstić information content (AvgIpc) is 2.66. The van der Waals surface area contributed by atoms with Crippen LogP contribution < -0.4 is 10.6 Å². The molecule has 0 fully saturated rings. The van der Waals surface area contributed by atoms with E-state index in [9.17, 15) is 18.0 Å². The van der Waals surface area contributed by atoms with Gasteiger partial charge in [-0.2, -0.15) is 5.26 Å². The number of urea groups is 1. The van der Waals surface area contributed by atoms with Gasteiger partial charge in [0, 0.05) is 17.4 Å². The zero-order valence-electron chi connectivity index (χ0n) is 14.4. The second kappa shape index (κ2) is 7.41. The highest BCUT2D eigenvalue weighted by Gasteiger charge is 2.38. The van der Waals surface area contributed by atoms with E-state index in [1.54, 1.807) is 6.92 Å². The van der Waals surface area contributed by atoms with Gasteiger partial charge in [0.1, 0.15) is 23.3 Å². The molecule has 144 valence electrons. The predicted octanol–water partition coefficient (Wildman–Crippen LogP) is 1.42. The lowest BCUT2D eigenvalue weighted by Gasteiger charge is -2.28. The first kappa shape index (κ1) is 19.5. The zero-order valence-corrected chi connectivity index (χ0v) is 16.0. The van der Waals surface area contributed by atoms with Crippen LogP contribution in [0, 0.1) is 11.3 Å². The van der Waals surface area contributed by atoms with E-state index in [0.29, 0.717) is 4.31 Å². The fourth-order valence-electron chi connectivity index (χ4n) is 2.48. The molecule has 12 heteroatoms. The van der Waals surface area contributed by atoms with E-state index in [1.807, 2.05) is 6.07 Å². The second-order valence-corrected chi connectivity index (χ2v) is 8.08. The molecule has 1 aromatic heterocycles. The highest BCUT2D eigenvalue weighted by Crippen LogP contribution is 2.32. The van der Waals surface area contributed by atoms with Crippen molar-refractivity contribution in [3.63, 3.8) is 0 Å². The summed E-state index contributed by atoms with van der Waals surface area (Å²) in [5.41, 5.74) is 0.348. The molecule has 0 unspecified atom stereocenters. The largest absolute Gasteiger partial charge is 0.345 e. The minimum Gasteiger partial charge on any atom is -0.345 e. The van der Waals surface area contributed by atoms with Crippen molar-refractivity contribution in [2.75, 3.05) is 11.9 Å². The van der Waals surface area contributed by atoms with E-state index in [1.165, 1.54) is 30.6 Å². The van der Waals surface area contributed by atoms with Gasteiger partial charge in [-0.1, -0.05) is 11.6 Å². The number of hydrogen-bond donors (Lipinski definition) is 2. The Morgan fingerprint density at radius 2 is 2.07 bits per heavy atom. The molecule has 28 heavy (non-hydrogen) atoms. The van der Waals surface area contributed by atoms with Crippen molar-refractivity contribution in [1.29, 1.82) is 5.26 Å². The Morgan fingerprint density at radius 1 is 1.39 bits per heavy atom. The smallest absolute Gasteiger partial charge is 0.336 e. The Morgan fingerprint density at radius 3 is 2.71 bits per heavy atom. The summed E-state index contributed by atoms with van der Waals surface area (Å²) in [6.45, 7) is 0.847. The molecular weight excluding hydrogens is 408 g/mol. The molecule has 0 aliphatic carbocycles. The number of nitrogens with one attached hydrogen (secondary N) is 2. The number of halogens is 1. The molecule has 0 saturated heterocycles. The van der Waals surface area contributed by atoms with E-state index in [4.69, 9.17) is 16.9 Å². The van der Waals surface area contributed by atoms with Crippen molar-refractivity contribution in [3.05, 3.63) is 47.0 Å². The van der Waals surface area contributed by atoms with Gasteiger partial charge in [0.05, 0.1) is 17.3 Å². The maximum absolute atomic E-state index is 12.7. The van der Waals surface area contributed by atoms with Crippen LogP contribution in [-0.4, -0.2) is 41.2 Å². The molecule has 0 saturated carbocycles. The summed E-state index contributed by atoms with van der Waals surface area (Å²) in [6.07, 6.45) is 2.60. The number of nitrogens with zero attached hydrogens (tertiary/aromatic N) is 4. The van der Waals surface area contributed by atoms with Crippen LogP contribution in [0.3, 0.4) is 0 Å². The van der Waals surface area contributed by atoms with Crippen molar-refractivity contribution >= 4 is 39.2 Å². The fraction of sp³-hybridized carbons (Fsp3) is 0.188. The molecule has 1 atom stereocenters. The number of carbonyl (C=O) groups is 2. The number of aromatic nitrogens is 2. The number of benzene rings is 1. The van der Waals surface area contributed by atoms with Gasteiger partial charge < -0.3 is 10.6 Å². The molecule has 10 nitrogen and oxygen atoms in total. The minimum absolute atomic E-state index is 0.0883. The SMILES string of the molecule is C[C@H](NC(=O)CN1C(=O)Nc2ccc(Cl)cc2S1(=O)=O)c1ncc(C#N)cn1. The third kappa shape index (κ3) is 3.73. The number of nitriles is 1. The molecule has 1 aromatic carbocycles. The lowest BCUT2D eigenvalue weighted by atomic mass is 10.3. The number of amides is 3. The lowest BCUT2D eigenvalue weighted by Crippen LogP contribution is -2.49. The van der Waals surface area contributed by atoms with Crippen molar-refractivity contribution in [1.82, 2.24) is 19.6 Å². The molecule has 2 heterocycles. The highest BCUT2D eigenvalue weighted by atomic mass is 35.5. The number of hydrogen-bond acceptors (Lipinski definition) is 7. The quantitative estimate of drug-likeness (QED) is 0.760. The van der Waals surface area contributed by atoms with E-state index >= 15 is 0 Å². The van der Waals surface area contributed by atoms with Crippen LogP contribution in [0.1, 0.15) is 24.4 Å².